The predicted molar refractivity (Wildman–Crippen MR) is 95.1 cm³/mol. The molecule has 0 atom stereocenters. The highest BCUT2D eigenvalue weighted by Crippen LogP contribution is 2.18. The molecule has 1 amide bonds. The van der Waals surface area contributed by atoms with E-state index in [1.165, 1.54) is 32.1 Å². The first-order valence-corrected chi connectivity index (χ1v) is 9.23. The number of carbonyl (C=O) groups is 1. The molecule has 1 aliphatic rings. The number of benzene rings is 1. The second kappa shape index (κ2) is 8.22. The molecule has 1 heterocycles. The van der Waals surface area contributed by atoms with Gasteiger partial charge in [0, 0.05) is 30.1 Å². The van der Waals surface area contributed by atoms with Gasteiger partial charge in [-0.1, -0.05) is 37.5 Å². The number of para-hydroxylation sites is 1. The predicted octanol–water partition coefficient (Wildman–Crippen LogP) is 3.86. The quantitative estimate of drug-likeness (QED) is 0.846. The highest BCUT2D eigenvalue weighted by Gasteiger charge is 2.14. The first kappa shape index (κ1) is 16.1. The van der Waals surface area contributed by atoms with E-state index in [9.17, 15) is 4.79 Å². The van der Waals surface area contributed by atoms with Crippen molar-refractivity contribution >= 4 is 22.9 Å². The van der Waals surface area contributed by atoms with E-state index in [4.69, 9.17) is 0 Å². The summed E-state index contributed by atoms with van der Waals surface area (Å²) in [5, 5.41) is 9.34. The zero-order valence-corrected chi connectivity index (χ0v) is 14.1. The van der Waals surface area contributed by atoms with Crippen LogP contribution in [0.3, 0.4) is 0 Å². The van der Waals surface area contributed by atoms with E-state index in [0.29, 0.717) is 11.7 Å². The first-order chi connectivity index (χ1) is 11.3. The molecular weight excluding hydrogens is 306 g/mol. The average Bonchev–Trinajstić information content (AvgIpc) is 3.06. The lowest BCUT2D eigenvalue weighted by atomic mass is 9.95. The van der Waals surface area contributed by atoms with Crippen molar-refractivity contribution in [2.24, 2.45) is 0 Å². The SMILES string of the molecule is O=C(Nc1ccccc1)c1csc(CCNC2CCCCC2)n1. The van der Waals surface area contributed by atoms with Gasteiger partial charge in [0.15, 0.2) is 0 Å². The van der Waals surface area contributed by atoms with E-state index in [1.807, 2.05) is 35.7 Å². The molecule has 2 aromatic rings. The number of carbonyl (C=O) groups excluding carboxylic acids is 1. The summed E-state index contributed by atoms with van der Waals surface area (Å²) < 4.78 is 0. The van der Waals surface area contributed by atoms with Crippen molar-refractivity contribution in [3.05, 3.63) is 46.4 Å². The van der Waals surface area contributed by atoms with Crippen LogP contribution in [0.4, 0.5) is 5.69 Å². The van der Waals surface area contributed by atoms with Gasteiger partial charge in [-0.2, -0.15) is 0 Å². The Kier molecular flexibility index (Phi) is 5.77. The van der Waals surface area contributed by atoms with E-state index in [-0.39, 0.29) is 5.91 Å². The maximum absolute atomic E-state index is 12.2. The number of aromatic nitrogens is 1. The molecule has 1 aromatic carbocycles. The maximum atomic E-state index is 12.2. The molecule has 0 radical (unpaired) electrons. The standard InChI is InChI=1S/C18H23N3OS/c22-18(20-15-9-5-2-6-10-15)16-13-23-17(21-16)11-12-19-14-7-3-1-4-8-14/h2,5-6,9-10,13-14,19H,1,3-4,7-8,11-12H2,(H,20,22). The number of nitrogens with one attached hydrogen (secondary N) is 2. The van der Waals surface area contributed by atoms with Crippen molar-refractivity contribution < 1.29 is 4.79 Å². The Bertz CT molecular complexity index is 620. The second-order valence-electron chi connectivity index (χ2n) is 5.99. The molecule has 1 aliphatic carbocycles. The Labute approximate surface area is 141 Å². The minimum Gasteiger partial charge on any atom is -0.321 e. The third kappa shape index (κ3) is 4.88. The van der Waals surface area contributed by atoms with Crippen molar-refractivity contribution in [2.75, 3.05) is 11.9 Å². The molecule has 1 saturated carbocycles. The Morgan fingerprint density at radius 3 is 2.74 bits per heavy atom. The Hall–Kier alpha value is -1.72. The molecule has 3 rings (SSSR count). The third-order valence-electron chi connectivity index (χ3n) is 4.19. The molecule has 5 heteroatoms. The molecule has 1 fully saturated rings. The number of nitrogens with zero attached hydrogens (tertiary/aromatic N) is 1. The number of thiazole rings is 1. The van der Waals surface area contributed by atoms with Crippen LogP contribution in [0.5, 0.6) is 0 Å². The summed E-state index contributed by atoms with van der Waals surface area (Å²) in [6, 6.07) is 10.1. The highest BCUT2D eigenvalue weighted by atomic mass is 32.1. The lowest BCUT2D eigenvalue weighted by Gasteiger charge is -2.22. The molecule has 0 spiro atoms. The van der Waals surface area contributed by atoms with Crippen molar-refractivity contribution in [3.63, 3.8) is 0 Å². The van der Waals surface area contributed by atoms with Crippen molar-refractivity contribution in [1.29, 1.82) is 0 Å². The van der Waals surface area contributed by atoms with Gasteiger partial charge in [0.25, 0.3) is 5.91 Å². The molecule has 0 aliphatic heterocycles. The fourth-order valence-corrected chi connectivity index (χ4v) is 3.71. The number of amides is 1. The van der Waals surface area contributed by atoms with Gasteiger partial charge in [-0.15, -0.1) is 11.3 Å². The molecule has 0 bridgehead atoms. The summed E-state index contributed by atoms with van der Waals surface area (Å²) in [4.78, 5) is 16.6. The van der Waals surface area contributed by atoms with Crippen LogP contribution in [-0.4, -0.2) is 23.5 Å². The summed E-state index contributed by atoms with van der Waals surface area (Å²) in [5.74, 6) is -0.140. The fraction of sp³-hybridized carbons (Fsp3) is 0.444. The van der Waals surface area contributed by atoms with Gasteiger partial charge in [0.2, 0.25) is 0 Å². The minimum absolute atomic E-state index is 0.140. The van der Waals surface area contributed by atoms with Gasteiger partial charge in [-0.25, -0.2) is 4.98 Å². The van der Waals surface area contributed by atoms with Gasteiger partial charge in [0.1, 0.15) is 5.69 Å². The molecule has 4 nitrogen and oxygen atoms in total. The van der Waals surface area contributed by atoms with Crippen LogP contribution >= 0.6 is 11.3 Å². The smallest absolute Gasteiger partial charge is 0.275 e. The van der Waals surface area contributed by atoms with Crippen LogP contribution in [0.25, 0.3) is 0 Å². The van der Waals surface area contributed by atoms with Crippen molar-refractivity contribution in [2.45, 2.75) is 44.6 Å². The van der Waals surface area contributed by atoms with Crippen LogP contribution < -0.4 is 10.6 Å². The average molecular weight is 329 g/mol. The number of anilines is 1. The van der Waals surface area contributed by atoms with E-state index in [0.717, 1.165) is 23.7 Å². The van der Waals surface area contributed by atoms with E-state index in [1.54, 1.807) is 11.3 Å². The minimum atomic E-state index is -0.140. The molecule has 122 valence electrons. The van der Waals surface area contributed by atoms with Crippen LogP contribution in [0.15, 0.2) is 35.7 Å². The van der Waals surface area contributed by atoms with Crippen molar-refractivity contribution in [1.82, 2.24) is 10.3 Å². The first-order valence-electron chi connectivity index (χ1n) is 8.35. The normalized spacial score (nSPS) is 15.5. The Morgan fingerprint density at radius 2 is 1.96 bits per heavy atom. The van der Waals surface area contributed by atoms with Crippen LogP contribution in [0.2, 0.25) is 0 Å². The van der Waals surface area contributed by atoms with Crippen LogP contribution in [0, 0.1) is 0 Å². The van der Waals surface area contributed by atoms with E-state index >= 15 is 0 Å². The van der Waals surface area contributed by atoms with Crippen molar-refractivity contribution in [3.8, 4) is 0 Å². The summed E-state index contributed by atoms with van der Waals surface area (Å²) in [5.41, 5.74) is 1.30. The third-order valence-corrected chi connectivity index (χ3v) is 5.10. The number of hydrogen-bond donors (Lipinski definition) is 2. The largest absolute Gasteiger partial charge is 0.321 e. The van der Waals surface area contributed by atoms with Gasteiger partial charge in [-0.05, 0) is 25.0 Å². The molecule has 0 saturated heterocycles. The summed E-state index contributed by atoms with van der Waals surface area (Å²) in [7, 11) is 0. The van der Waals surface area contributed by atoms with Crippen LogP contribution in [0.1, 0.15) is 47.6 Å². The second-order valence-corrected chi connectivity index (χ2v) is 6.93. The maximum Gasteiger partial charge on any atom is 0.275 e. The number of rotatable bonds is 6. The summed E-state index contributed by atoms with van der Waals surface area (Å²) in [6.45, 7) is 0.942. The zero-order valence-electron chi connectivity index (χ0n) is 13.3. The van der Waals surface area contributed by atoms with Gasteiger partial charge >= 0.3 is 0 Å². The van der Waals surface area contributed by atoms with Gasteiger partial charge < -0.3 is 10.6 Å². The molecule has 2 N–H and O–H groups in total. The molecule has 0 unspecified atom stereocenters. The highest BCUT2D eigenvalue weighted by molar-refractivity contribution is 7.09. The number of hydrogen-bond acceptors (Lipinski definition) is 4. The van der Waals surface area contributed by atoms with E-state index in [2.05, 4.69) is 15.6 Å². The topological polar surface area (TPSA) is 54.0 Å². The molecular formula is C18H23N3OS. The zero-order chi connectivity index (χ0) is 15.9. The molecule has 23 heavy (non-hydrogen) atoms. The summed E-state index contributed by atoms with van der Waals surface area (Å²) in [6.07, 6.45) is 7.55. The van der Waals surface area contributed by atoms with Gasteiger partial charge in [0.05, 0.1) is 5.01 Å². The lowest BCUT2D eigenvalue weighted by molar-refractivity contribution is 0.102. The van der Waals surface area contributed by atoms with Gasteiger partial charge in [-0.3, -0.25) is 4.79 Å². The van der Waals surface area contributed by atoms with E-state index < -0.39 is 0 Å². The lowest BCUT2D eigenvalue weighted by Crippen LogP contribution is -2.32. The van der Waals surface area contributed by atoms with Crippen LogP contribution in [-0.2, 0) is 6.42 Å². The summed E-state index contributed by atoms with van der Waals surface area (Å²) >= 11 is 1.56. The Balaban J connectivity index is 1.46. The fourth-order valence-electron chi connectivity index (χ4n) is 2.94. The monoisotopic (exact) mass is 329 g/mol. The Morgan fingerprint density at radius 1 is 1.17 bits per heavy atom. The molecule has 1 aromatic heterocycles.